The van der Waals surface area contributed by atoms with Gasteiger partial charge in [0.2, 0.25) is 10.0 Å². The molecule has 20 heavy (non-hydrogen) atoms. The van der Waals surface area contributed by atoms with Crippen molar-refractivity contribution < 1.29 is 13.2 Å². The fourth-order valence-electron chi connectivity index (χ4n) is 1.64. The minimum Gasteiger partial charge on any atom is -0.380 e. The van der Waals surface area contributed by atoms with Gasteiger partial charge in [0.05, 0.1) is 11.5 Å². The smallest absolute Gasteiger partial charge is 0.241 e. The number of sulfonamides is 1. The van der Waals surface area contributed by atoms with Crippen LogP contribution in [0.5, 0.6) is 0 Å². The van der Waals surface area contributed by atoms with Crippen molar-refractivity contribution >= 4 is 21.4 Å². The lowest BCUT2D eigenvalue weighted by Gasteiger charge is -2.08. The van der Waals surface area contributed by atoms with E-state index in [0.29, 0.717) is 30.6 Å². The Kier molecular flexibility index (Phi) is 7.11. The van der Waals surface area contributed by atoms with Gasteiger partial charge < -0.3 is 10.5 Å². The second-order valence-electron chi connectivity index (χ2n) is 5.03. The molecule has 0 aliphatic heterocycles. The van der Waals surface area contributed by atoms with E-state index in [0.717, 1.165) is 16.2 Å². The van der Waals surface area contributed by atoms with Crippen LogP contribution in [0.1, 0.15) is 30.0 Å². The Hall–Kier alpha value is -0.470. The van der Waals surface area contributed by atoms with Crippen molar-refractivity contribution in [2.75, 3.05) is 19.8 Å². The summed E-state index contributed by atoms with van der Waals surface area (Å²) < 4.78 is 32.2. The molecule has 0 fully saturated rings. The van der Waals surface area contributed by atoms with Crippen LogP contribution in [0.15, 0.2) is 11.0 Å². The largest absolute Gasteiger partial charge is 0.380 e. The number of aryl methyl sites for hydroxylation is 1. The van der Waals surface area contributed by atoms with Crippen LogP contribution in [-0.2, 0) is 21.3 Å². The zero-order valence-electron chi connectivity index (χ0n) is 12.3. The first-order chi connectivity index (χ1) is 9.36. The van der Waals surface area contributed by atoms with Crippen molar-refractivity contribution in [1.82, 2.24) is 4.72 Å². The lowest BCUT2D eigenvalue weighted by Crippen LogP contribution is -2.27. The van der Waals surface area contributed by atoms with Gasteiger partial charge in [0.1, 0.15) is 0 Å². The molecular weight excluding hydrogens is 296 g/mol. The van der Waals surface area contributed by atoms with Crippen LogP contribution in [0.3, 0.4) is 0 Å². The molecule has 0 saturated carbocycles. The SMILES string of the molecule is Cc1sc(CN)cc1S(=O)(=O)NCCOCCC(C)C. The van der Waals surface area contributed by atoms with Crippen LogP contribution >= 0.6 is 11.3 Å². The first-order valence-corrected chi connectivity index (χ1v) is 9.03. The molecule has 0 saturated heterocycles. The second-order valence-corrected chi connectivity index (χ2v) is 8.11. The average molecular weight is 320 g/mol. The highest BCUT2D eigenvalue weighted by molar-refractivity contribution is 7.89. The van der Waals surface area contributed by atoms with Gasteiger partial charge in [-0.05, 0) is 25.3 Å². The minimum absolute atomic E-state index is 0.285. The van der Waals surface area contributed by atoms with Crippen molar-refractivity contribution in [1.29, 1.82) is 0 Å². The molecule has 0 amide bonds. The monoisotopic (exact) mass is 320 g/mol. The van der Waals surface area contributed by atoms with Gasteiger partial charge >= 0.3 is 0 Å². The van der Waals surface area contributed by atoms with Gasteiger partial charge in [-0.3, -0.25) is 0 Å². The van der Waals surface area contributed by atoms with E-state index >= 15 is 0 Å². The Balaban J connectivity index is 2.43. The fraction of sp³-hybridized carbons (Fsp3) is 0.692. The second kappa shape index (κ2) is 8.09. The standard InChI is InChI=1S/C13H24N2O3S2/c1-10(2)4-6-18-7-5-15-20(16,17)13-8-12(9-14)19-11(13)3/h8,10,15H,4-7,9,14H2,1-3H3. The van der Waals surface area contributed by atoms with E-state index in [9.17, 15) is 8.42 Å². The maximum Gasteiger partial charge on any atom is 0.241 e. The Morgan fingerprint density at radius 3 is 2.65 bits per heavy atom. The van der Waals surface area contributed by atoms with Crippen LogP contribution in [0.2, 0.25) is 0 Å². The van der Waals surface area contributed by atoms with E-state index in [1.165, 1.54) is 11.3 Å². The van der Waals surface area contributed by atoms with Crippen molar-refractivity contribution in [3.8, 4) is 0 Å². The van der Waals surface area contributed by atoms with E-state index < -0.39 is 10.0 Å². The van der Waals surface area contributed by atoms with Gasteiger partial charge in [0.15, 0.2) is 0 Å². The minimum atomic E-state index is -3.46. The molecule has 0 aliphatic rings. The van der Waals surface area contributed by atoms with Crippen LogP contribution in [0, 0.1) is 12.8 Å². The van der Waals surface area contributed by atoms with Crippen molar-refractivity contribution in [3.05, 3.63) is 15.8 Å². The Labute approximate surface area is 125 Å². The highest BCUT2D eigenvalue weighted by Gasteiger charge is 2.18. The number of nitrogens with two attached hydrogens (primary N) is 1. The zero-order chi connectivity index (χ0) is 15.2. The zero-order valence-corrected chi connectivity index (χ0v) is 13.9. The van der Waals surface area contributed by atoms with E-state index in [1.807, 2.05) is 0 Å². The average Bonchev–Trinajstić information content (AvgIpc) is 2.75. The predicted octanol–water partition coefficient (Wildman–Crippen LogP) is 1.86. The molecule has 0 bridgehead atoms. The normalized spacial score (nSPS) is 12.2. The Morgan fingerprint density at radius 2 is 2.10 bits per heavy atom. The molecule has 0 aliphatic carbocycles. The third kappa shape index (κ3) is 5.49. The topological polar surface area (TPSA) is 81.4 Å². The molecule has 1 aromatic heterocycles. The summed E-state index contributed by atoms with van der Waals surface area (Å²) in [6.07, 6.45) is 0.982. The third-order valence-electron chi connectivity index (χ3n) is 2.79. The van der Waals surface area contributed by atoms with Crippen LogP contribution in [0.25, 0.3) is 0 Å². The molecule has 7 heteroatoms. The molecule has 0 radical (unpaired) electrons. The van der Waals surface area contributed by atoms with Crippen LogP contribution in [-0.4, -0.2) is 28.2 Å². The fourth-order valence-corrected chi connectivity index (χ4v) is 4.16. The maximum absolute atomic E-state index is 12.1. The molecule has 5 nitrogen and oxygen atoms in total. The Bertz CT molecular complexity index is 510. The van der Waals surface area contributed by atoms with Gasteiger partial charge in [-0.15, -0.1) is 11.3 Å². The summed E-state index contributed by atoms with van der Waals surface area (Å²) in [6, 6.07) is 1.64. The van der Waals surface area contributed by atoms with Gasteiger partial charge in [0.25, 0.3) is 0 Å². The van der Waals surface area contributed by atoms with Crippen molar-refractivity contribution in [2.45, 2.75) is 38.6 Å². The number of hydrogen-bond donors (Lipinski definition) is 2. The van der Waals surface area contributed by atoms with Crippen molar-refractivity contribution in [3.63, 3.8) is 0 Å². The summed E-state index contributed by atoms with van der Waals surface area (Å²) in [7, 11) is -3.46. The van der Waals surface area contributed by atoms with Gasteiger partial charge in [-0.25, -0.2) is 13.1 Å². The van der Waals surface area contributed by atoms with Crippen molar-refractivity contribution in [2.24, 2.45) is 11.7 Å². The summed E-state index contributed by atoms with van der Waals surface area (Å²) in [5.74, 6) is 0.592. The molecule has 1 rings (SSSR count). The summed E-state index contributed by atoms with van der Waals surface area (Å²) in [4.78, 5) is 1.96. The number of ether oxygens (including phenoxy) is 1. The molecule has 0 aromatic carbocycles. The molecule has 0 unspecified atom stereocenters. The van der Waals surface area contributed by atoms with E-state index in [4.69, 9.17) is 10.5 Å². The number of thiophene rings is 1. The van der Waals surface area contributed by atoms with E-state index in [2.05, 4.69) is 18.6 Å². The maximum atomic E-state index is 12.1. The Morgan fingerprint density at radius 1 is 1.40 bits per heavy atom. The molecule has 3 N–H and O–H groups in total. The van der Waals surface area contributed by atoms with E-state index in [-0.39, 0.29) is 6.54 Å². The van der Waals surface area contributed by atoms with Gasteiger partial charge in [-0.2, -0.15) is 0 Å². The third-order valence-corrected chi connectivity index (χ3v) is 5.58. The van der Waals surface area contributed by atoms with E-state index in [1.54, 1.807) is 13.0 Å². The molecule has 1 heterocycles. The lowest BCUT2D eigenvalue weighted by atomic mass is 10.1. The molecule has 0 spiro atoms. The first kappa shape index (κ1) is 17.6. The molecule has 0 atom stereocenters. The summed E-state index contributed by atoms with van der Waals surface area (Å²) in [6.45, 7) is 7.73. The predicted molar refractivity (Wildman–Crippen MR) is 82.4 cm³/mol. The summed E-state index contributed by atoms with van der Waals surface area (Å²) in [5, 5.41) is 0. The highest BCUT2D eigenvalue weighted by atomic mass is 32.2. The van der Waals surface area contributed by atoms with Gasteiger partial charge in [-0.1, -0.05) is 13.8 Å². The summed E-state index contributed by atoms with van der Waals surface area (Å²) >= 11 is 1.42. The molecule has 116 valence electrons. The lowest BCUT2D eigenvalue weighted by molar-refractivity contribution is 0.128. The summed E-state index contributed by atoms with van der Waals surface area (Å²) in [5.41, 5.74) is 5.53. The van der Waals surface area contributed by atoms with Crippen LogP contribution in [0.4, 0.5) is 0 Å². The van der Waals surface area contributed by atoms with Gasteiger partial charge in [0, 0.05) is 29.5 Å². The number of hydrogen-bond acceptors (Lipinski definition) is 5. The first-order valence-electron chi connectivity index (χ1n) is 6.73. The quantitative estimate of drug-likeness (QED) is 0.680. The number of nitrogens with one attached hydrogen (secondary N) is 1. The molecular formula is C13H24N2O3S2. The highest BCUT2D eigenvalue weighted by Crippen LogP contribution is 2.25. The molecule has 1 aromatic rings. The number of rotatable bonds is 9. The van der Waals surface area contributed by atoms with Crippen LogP contribution < -0.4 is 10.5 Å².